The Kier molecular flexibility index (Phi) is 5.56. The van der Waals surface area contributed by atoms with Gasteiger partial charge in [0.2, 0.25) is 5.95 Å². The Morgan fingerprint density at radius 2 is 1.64 bits per heavy atom. The number of alkyl halides is 1. The second-order valence-corrected chi connectivity index (χ2v) is 9.27. The molecule has 172 valence electrons. The van der Waals surface area contributed by atoms with E-state index in [2.05, 4.69) is 55.5 Å². The number of hydrogen-bond acceptors (Lipinski definition) is 5. The predicted octanol–water partition coefficient (Wildman–Crippen LogP) is 4.04. The SMILES string of the molecule is C=C(c1ccc(N2CCC(C)(F)CC2)cc1)N1CCN(c2nc3ccccc3c(=O)[nH]2)CC1. The number of benzene rings is 2. The van der Waals surface area contributed by atoms with E-state index in [9.17, 15) is 9.18 Å². The van der Waals surface area contributed by atoms with E-state index in [0.29, 0.717) is 29.7 Å². The van der Waals surface area contributed by atoms with E-state index in [1.807, 2.05) is 18.2 Å². The molecule has 6 nitrogen and oxygen atoms in total. The Morgan fingerprint density at radius 3 is 2.33 bits per heavy atom. The van der Waals surface area contributed by atoms with Gasteiger partial charge < -0.3 is 14.7 Å². The number of halogens is 1. The van der Waals surface area contributed by atoms with Crippen LogP contribution in [0.3, 0.4) is 0 Å². The first-order valence-corrected chi connectivity index (χ1v) is 11.6. The summed E-state index contributed by atoms with van der Waals surface area (Å²) in [5.74, 6) is 0.624. The molecule has 0 radical (unpaired) electrons. The van der Waals surface area contributed by atoms with Gasteiger partial charge in [-0.25, -0.2) is 9.37 Å². The first-order chi connectivity index (χ1) is 15.9. The van der Waals surface area contributed by atoms with Gasteiger partial charge in [0.15, 0.2) is 0 Å². The topological polar surface area (TPSA) is 55.5 Å². The van der Waals surface area contributed by atoms with Crippen molar-refractivity contribution in [2.75, 3.05) is 49.1 Å². The maximum absolute atomic E-state index is 14.1. The van der Waals surface area contributed by atoms with Gasteiger partial charge in [-0.05, 0) is 49.6 Å². The van der Waals surface area contributed by atoms with Crippen molar-refractivity contribution in [1.29, 1.82) is 0 Å². The van der Waals surface area contributed by atoms with Gasteiger partial charge in [-0.15, -0.1) is 0 Å². The molecular formula is C26H30FN5O. The Labute approximate surface area is 193 Å². The molecule has 2 aromatic carbocycles. The second kappa shape index (κ2) is 8.54. The highest BCUT2D eigenvalue weighted by Crippen LogP contribution is 2.30. The molecule has 3 aromatic rings. The molecule has 33 heavy (non-hydrogen) atoms. The molecule has 2 fully saturated rings. The largest absolute Gasteiger partial charge is 0.371 e. The number of aromatic nitrogens is 2. The molecule has 0 saturated carbocycles. The summed E-state index contributed by atoms with van der Waals surface area (Å²) in [6, 6.07) is 15.8. The van der Waals surface area contributed by atoms with Gasteiger partial charge in [-0.3, -0.25) is 9.78 Å². The number of nitrogens with one attached hydrogen (secondary N) is 1. The average molecular weight is 448 g/mol. The lowest BCUT2D eigenvalue weighted by molar-refractivity contribution is 0.149. The summed E-state index contributed by atoms with van der Waals surface area (Å²) in [6.45, 7) is 10.7. The fourth-order valence-corrected chi connectivity index (χ4v) is 4.69. The van der Waals surface area contributed by atoms with Crippen LogP contribution in [-0.4, -0.2) is 59.8 Å². The first kappa shape index (κ1) is 21.5. The lowest BCUT2D eigenvalue weighted by Crippen LogP contribution is -2.46. The highest BCUT2D eigenvalue weighted by Gasteiger charge is 2.29. The van der Waals surface area contributed by atoms with E-state index in [4.69, 9.17) is 0 Å². The highest BCUT2D eigenvalue weighted by atomic mass is 19.1. The van der Waals surface area contributed by atoms with Crippen molar-refractivity contribution < 1.29 is 4.39 Å². The van der Waals surface area contributed by atoms with Crippen LogP contribution in [0.5, 0.6) is 0 Å². The third kappa shape index (κ3) is 4.45. The predicted molar refractivity (Wildman–Crippen MR) is 133 cm³/mol. The van der Waals surface area contributed by atoms with Crippen LogP contribution in [0, 0.1) is 0 Å². The van der Waals surface area contributed by atoms with Crippen molar-refractivity contribution >= 4 is 28.2 Å². The van der Waals surface area contributed by atoms with Crippen LogP contribution in [0.4, 0.5) is 16.0 Å². The quantitative estimate of drug-likeness (QED) is 0.654. The molecule has 2 aliphatic heterocycles. The van der Waals surface area contributed by atoms with Crippen LogP contribution >= 0.6 is 0 Å². The standard InChI is InChI=1S/C26H30FN5O/c1-19(20-7-9-21(10-8-20)31-13-11-26(2,27)12-14-31)30-15-17-32(18-16-30)25-28-23-6-4-3-5-22(23)24(33)29-25/h3-10H,1,11-18H2,2H3,(H,28,29,33). The zero-order valence-corrected chi connectivity index (χ0v) is 19.1. The monoisotopic (exact) mass is 447 g/mol. The molecule has 0 aliphatic carbocycles. The summed E-state index contributed by atoms with van der Waals surface area (Å²) in [4.78, 5) is 26.6. The minimum absolute atomic E-state index is 0.104. The molecule has 0 atom stereocenters. The van der Waals surface area contributed by atoms with Crippen LogP contribution < -0.4 is 15.4 Å². The van der Waals surface area contributed by atoms with Gasteiger partial charge in [0.05, 0.1) is 10.9 Å². The number of hydrogen-bond donors (Lipinski definition) is 1. The summed E-state index contributed by atoms with van der Waals surface area (Å²) in [5.41, 5.74) is 2.80. The third-order valence-electron chi connectivity index (χ3n) is 6.93. The lowest BCUT2D eigenvalue weighted by Gasteiger charge is -2.37. The van der Waals surface area contributed by atoms with Crippen molar-refractivity contribution in [3.63, 3.8) is 0 Å². The van der Waals surface area contributed by atoms with Gasteiger partial charge >= 0.3 is 0 Å². The highest BCUT2D eigenvalue weighted by molar-refractivity contribution is 5.78. The number of piperazine rings is 1. The minimum Gasteiger partial charge on any atom is -0.371 e. The van der Waals surface area contributed by atoms with Crippen molar-refractivity contribution in [2.24, 2.45) is 0 Å². The van der Waals surface area contributed by atoms with Crippen molar-refractivity contribution in [3.05, 3.63) is 71.0 Å². The average Bonchev–Trinajstić information content (AvgIpc) is 2.84. The molecule has 2 aliphatic rings. The molecule has 0 spiro atoms. The number of rotatable bonds is 4. The molecule has 0 unspecified atom stereocenters. The van der Waals surface area contributed by atoms with Gasteiger partial charge in [-0.2, -0.15) is 0 Å². The van der Waals surface area contributed by atoms with Crippen LogP contribution in [0.1, 0.15) is 25.3 Å². The normalized spacial score (nSPS) is 18.5. The number of aromatic amines is 1. The Bertz CT molecular complexity index is 1200. The molecule has 2 saturated heterocycles. The Hall–Kier alpha value is -3.35. The van der Waals surface area contributed by atoms with Crippen molar-refractivity contribution in [1.82, 2.24) is 14.9 Å². The maximum atomic E-state index is 14.1. The van der Waals surface area contributed by atoms with Crippen molar-refractivity contribution in [2.45, 2.75) is 25.4 Å². The molecule has 3 heterocycles. The van der Waals surface area contributed by atoms with Crippen molar-refractivity contribution in [3.8, 4) is 0 Å². The number of fused-ring (bicyclic) bond motifs is 1. The molecular weight excluding hydrogens is 417 g/mol. The Balaban J connectivity index is 1.21. The number of H-pyrrole nitrogens is 1. The molecule has 1 aromatic heterocycles. The lowest BCUT2D eigenvalue weighted by atomic mass is 9.95. The second-order valence-electron chi connectivity index (χ2n) is 9.27. The van der Waals surface area contributed by atoms with Gasteiger partial charge in [-0.1, -0.05) is 30.8 Å². The summed E-state index contributed by atoms with van der Waals surface area (Å²) < 4.78 is 14.1. The summed E-state index contributed by atoms with van der Waals surface area (Å²) >= 11 is 0. The summed E-state index contributed by atoms with van der Waals surface area (Å²) in [6.07, 6.45) is 1.14. The van der Waals surface area contributed by atoms with Gasteiger partial charge in [0.25, 0.3) is 5.56 Å². The molecule has 0 bridgehead atoms. The van der Waals surface area contributed by atoms with Crippen LogP contribution in [0.15, 0.2) is 59.9 Å². The zero-order chi connectivity index (χ0) is 23.0. The summed E-state index contributed by atoms with van der Waals surface area (Å²) in [5, 5.41) is 0.611. The van der Waals surface area contributed by atoms with E-state index in [0.717, 1.165) is 56.2 Å². The van der Waals surface area contributed by atoms with E-state index in [1.54, 1.807) is 13.0 Å². The van der Waals surface area contributed by atoms with Crippen LogP contribution in [0.2, 0.25) is 0 Å². The number of para-hydroxylation sites is 1. The number of anilines is 2. The Morgan fingerprint density at radius 1 is 0.970 bits per heavy atom. The molecule has 5 rings (SSSR count). The third-order valence-corrected chi connectivity index (χ3v) is 6.93. The van der Waals surface area contributed by atoms with Crippen LogP contribution in [-0.2, 0) is 0 Å². The van der Waals surface area contributed by atoms with E-state index >= 15 is 0 Å². The van der Waals surface area contributed by atoms with Gasteiger partial charge in [0, 0.05) is 50.7 Å². The van der Waals surface area contributed by atoms with E-state index < -0.39 is 5.67 Å². The summed E-state index contributed by atoms with van der Waals surface area (Å²) in [7, 11) is 0. The molecule has 0 amide bonds. The first-order valence-electron chi connectivity index (χ1n) is 11.6. The number of nitrogens with zero attached hydrogens (tertiary/aromatic N) is 4. The van der Waals surface area contributed by atoms with E-state index in [1.165, 1.54) is 0 Å². The molecule has 1 N–H and O–H groups in total. The smallest absolute Gasteiger partial charge is 0.260 e. The zero-order valence-electron chi connectivity index (χ0n) is 19.1. The maximum Gasteiger partial charge on any atom is 0.260 e. The number of piperidine rings is 1. The van der Waals surface area contributed by atoms with Gasteiger partial charge in [0.1, 0.15) is 5.67 Å². The fourth-order valence-electron chi connectivity index (χ4n) is 4.69. The fraction of sp³-hybridized carbons (Fsp3) is 0.385. The van der Waals surface area contributed by atoms with E-state index in [-0.39, 0.29) is 5.56 Å². The minimum atomic E-state index is -1.04. The molecule has 7 heteroatoms. The van der Waals surface area contributed by atoms with Crippen LogP contribution in [0.25, 0.3) is 16.6 Å².